The third-order valence-corrected chi connectivity index (χ3v) is 8.22. The fourth-order valence-corrected chi connectivity index (χ4v) is 6.74. The third-order valence-electron chi connectivity index (χ3n) is 8.22. The van der Waals surface area contributed by atoms with E-state index >= 15 is 0 Å². The lowest BCUT2D eigenvalue weighted by Crippen LogP contribution is -2.67. The highest BCUT2D eigenvalue weighted by molar-refractivity contribution is 5.67. The summed E-state index contributed by atoms with van der Waals surface area (Å²) in [6.45, 7) is 5.28. The molecule has 0 bridgehead atoms. The molecule has 6 rings (SSSR count). The molecule has 4 fully saturated rings. The normalized spacial score (nSPS) is 34.7. The Bertz CT molecular complexity index is 1150. The van der Waals surface area contributed by atoms with Gasteiger partial charge in [0.05, 0.1) is 31.9 Å². The van der Waals surface area contributed by atoms with E-state index in [9.17, 15) is 9.59 Å². The van der Waals surface area contributed by atoms with Crippen LogP contribution in [0, 0.1) is 11.8 Å². The first-order valence-corrected chi connectivity index (χ1v) is 13.3. The number of fused-ring (bicyclic) bond motifs is 2. The number of hydrogen-bond donors (Lipinski definition) is 0. The Morgan fingerprint density at radius 2 is 1.24 bits per heavy atom. The number of rotatable bonds is 6. The molecular formula is C29H34N2O7. The van der Waals surface area contributed by atoms with Gasteiger partial charge in [-0.25, -0.2) is 0 Å². The molecule has 1 aliphatic carbocycles. The maximum atomic E-state index is 12.5. The molecule has 0 radical (unpaired) electrons. The highest BCUT2D eigenvalue weighted by Gasteiger charge is 2.70. The predicted molar refractivity (Wildman–Crippen MR) is 135 cm³/mol. The summed E-state index contributed by atoms with van der Waals surface area (Å²) in [6.07, 6.45) is -0.819. The van der Waals surface area contributed by atoms with Crippen molar-refractivity contribution in [1.29, 1.82) is 0 Å². The van der Waals surface area contributed by atoms with Gasteiger partial charge in [0.15, 0.2) is 12.2 Å². The Labute approximate surface area is 222 Å². The van der Waals surface area contributed by atoms with Crippen LogP contribution in [0.15, 0.2) is 60.7 Å². The summed E-state index contributed by atoms with van der Waals surface area (Å²) < 4.78 is 18.8. The molecule has 0 amide bonds. The zero-order valence-electron chi connectivity index (χ0n) is 21.7. The minimum absolute atomic E-state index is 0.0174. The maximum absolute atomic E-state index is 12.5. The van der Waals surface area contributed by atoms with Crippen LogP contribution >= 0.6 is 0 Å². The van der Waals surface area contributed by atoms with E-state index in [2.05, 4.69) is 0 Å². The molecule has 9 nitrogen and oxygen atoms in total. The van der Waals surface area contributed by atoms with E-state index < -0.39 is 29.7 Å². The Hall–Kier alpha value is -2.82. The van der Waals surface area contributed by atoms with Crippen molar-refractivity contribution in [3.05, 3.63) is 71.8 Å². The summed E-state index contributed by atoms with van der Waals surface area (Å²) >= 11 is 0. The van der Waals surface area contributed by atoms with Gasteiger partial charge in [-0.2, -0.15) is 10.1 Å². The molecule has 3 heterocycles. The Kier molecular flexibility index (Phi) is 6.96. The zero-order valence-corrected chi connectivity index (χ0v) is 21.7. The number of nitrogens with zero attached hydrogens (tertiary/aromatic N) is 2. The van der Waals surface area contributed by atoms with Gasteiger partial charge in [0.1, 0.15) is 5.60 Å². The number of hydroxylamine groups is 4. The second-order valence-electron chi connectivity index (χ2n) is 10.7. The molecular weight excluding hydrogens is 488 g/mol. The van der Waals surface area contributed by atoms with Crippen LogP contribution in [0.4, 0.5) is 0 Å². The quantitative estimate of drug-likeness (QED) is 0.532. The first kappa shape index (κ1) is 25.5. The number of carbonyl (C=O) groups is 2. The molecule has 2 aromatic carbocycles. The fraction of sp³-hybridized carbons (Fsp3) is 0.517. The molecule has 0 aromatic heterocycles. The van der Waals surface area contributed by atoms with Crippen molar-refractivity contribution in [3.63, 3.8) is 0 Å². The number of carbonyl (C=O) groups excluding carboxylic acids is 2. The minimum Gasteiger partial charge on any atom is -0.458 e. The molecule has 1 spiro atoms. The highest BCUT2D eigenvalue weighted by Crippen LogP contribution is 2.53. The maximum Gasteiger partial charge on any atom is 0.303 e. The molecule has 3 saturated heterocycles. The molecule has 1 saturated carbocycles. The average molecular weight is 523 g/mol. The second-order valence-corrected chi connectivity index (χ2v) is 10.7. The van der Waals surface area contributed by atoms with Gasteiger partial charge in [0.2, 0.25) is 0 Å². The van der Waals surface area contributed by atoms with Crippen molar-refractivity contribution in [2.45, 2.75) is 63.3 Å². The summed E-state index contributed by atoms with van der Waals surface area (Å²) in [6, 6.07) is 19.6. The van der Waals surface area contributed by atoms with Gasteiger partial charge in [0.25, 0.3) is 0 Å². The number of hydrogen-bond acceptors (Lipinski definition) is 9. The van der Waals surface area contributed by atoms with Gasteiger partial charge in [0, 0.05) is 38.8 Å². The van der Waals surface area contributed by atoms with Crippen molar-refractivity contribution >= 4 is 11.9 Å². The SMILES string of the molecule is CC(=O)O[C@@H]1[C@@H]2[C@@H](CON2Cc2ccccc2)C[C@@]12OC[C@@H]1CON(Cc3ccccc3)[C@@H]1[C@@H]2OC(C)=O. The van der Waals surface area contributed by atoms with Crippen LogP contribution in [0.3, 0.4) is 0 Å². The zero-order chi connectivity index (χ0) is 26.3. The van der Waals surface area contributed by atoms with E-state index in [0.717, 1.165) is 11.1 Å². The number of benzene rings is 2. The van der Waals surface area contributed by atoms with Crippen LogP contribution in [0.2, 0.25) is 0 Å². The van der Waals surface area contributed by atoms with Gasteiger partial charge in [-0.3, -0.25) is 19.3 Å². The smallest absolute Gasteiger partial charge is 0.303 e. The summed E-state index contributed by atoms with van der Waals surface area (Å²) in [5, 5.41) is 3.84. The molecule has 7 atom stereocenters. The molecule has 0 unspecified atom stereocenters. The first-order chi connectivity index (χ1) is 18.4. The Morgan fingerprint density at radius 3 is 1.74 bits per heavy atom. The molecule has 3 aliphatic heterocycles. The summed E-state index contributed by atoms with van der Waals surface area (Å²) in [5.74, 6) is -0.745. The lowest BCUT2D eigenvalue weighted by atomic mass is 9.78. The number of esters is 2. The van der Waals surface area contributed by atoms with Gasteiger partial charge in [-0.05, 0) is 17.5 Å². The lowest BCUT2D eigenvalue weighted by molar-refractivity contribution is -0.267. The third kappa shape index (κ3) is 4.63. The fourth-order valence-electron chi connectivity index (χ4n) is 6.74. The molecule has 2 aromatic rings. The van der Waals surface area contributed by atoms with E-state index in [1.807, 2.05) is 70.8 Å². The van der Waals surface area contributed by atoms with E-state index in [-0.39, 0.29) is 23.9 Å². The van der Waals surface area contributed by atoms with Crippen molar-refractivity contribution < 1.29 is 33.5 Å². The molecule has 38 heavy (non-hydrogen) atoms. The Morgan fingerprint density at radius 1 is 0.763 bits per heavy atom. The molecule has 0 N–H and O–H groups in total. The summed E-state index contributed by atoms with van der Waals surface area (Å²) in [7, 11) is 0. The van der Waals surface area contributed by atoms with Gasteiger partial charge >= 0.3 is 11.9 Å². The largest absolute Gasteiger partial charge is 0.458 e. The monoisotopic (exact) mass is 522 g/mol. The topological polar surface area (TPSA) is 86.8 Å². The van der Waals surface area contributed by atoms with Crippen LogP contribution in [0.1, 0.15) is 31.4 Å². The van der Waals surface area contributed by atoms with Crippen LogP contribution < -0.4 is 0 Å². The molecule has 4 aliphatic rings. The van der Waals surface area contributed by atoms with E-state index in [1.165, 1.54) is 13.8 Å². The van der Waals surface area contributed by atoms with Crippen LogP contribution in [0.25, 0.3) is 0 Å². The molecule has 202 valence electrons. The van der Waals surface area contributed by atoms with E-state index in [0.29, 0.717) is 39.3 Å². The van der Waals surface area contributed by atoms with E-state index in [4.69, 9.17) is 23.9 Å². The van der Waals surface area contributed by atoms with Gasteiger partial charge in [-0.1, -0.05) is 60.7 Å². The van der Waals surface area contributed by atoms with Crippen molar-refractivity contribution in [3.8, 4) is 0 Å². The summed E-state index contributed by atoms with van der Waals surface area (Å²) in [5.41, 5.74) is 1.17. The summed E-state index contributed by atoms with van der Waals surface area (Å²) in [4.78, 5) is 37.2. The standard InChI is InChI=1S/C29H34N2O7/c1-19(32)37-27-25-23(17-35-30(25)14-21-9-5-3-6-10-21)13-29(27)28(38-20(2)33)26-24(16-34-29)18-36-31(26)15-22-11-7-4-8-12-22/h3-12,23-28H,13-18H2,1-2H3/t23-,24-,25+,26+,27-,28+,29-/m1/s1. The van der Waals surface area contributed by atoms with Gasteiger partial charge in [-0.15, -0.1) is 0 Å². The van der Waals surface area contributed by atoms with Crippen molar-refractivity contribution in [1.82, 2.24) is 10.1 Å². The van der Waals surface area contributed by atoms with Crippen molar-refractivity contribution in [2.75, 3.05) is 19.8 Å². The second kappa shape index (κ2) is 10.4. The van der Waals surface area contributed by atoms with Crippen LogP contribution in [0.5, 0.6) is 0 Å². The van der Waals surface area contributed by atoms with Crippen LogP contribution in [-0.2, 0) is 46.6 Å². The Balaban J connectivity index is 1.35. The van der Waals surface area contributed by atoms with Gasteiger partial charge < -0.3 is 14.2 Å². The van der Waals surface area contributed by atoms with Crippen LogP contribution in [-0.4, -0.2) is 71.8 Å². The van der Waals surface area contributed by atoms with Crippen molar-refractivity contribution in [2.24, 2.45) is 11.8 Å². The minimum atomic E-state index is -1.02. The van der Waals surface area contributed by atoms with E-state index in [1.54, 1.807) is 0 Å². The molecule has 9 heteroatoms. The number of ether oxygens (including phenoxy) is 3. The predicted octanol–water partition coefficient (Wildman–Crippen LogP) is 2.89. The highest BCUT2D eigenvalue weighted by atomic mass is 16.7. The lowest BCUT2D eigenvalue weighted by Gasteiger charge is -2.50. The average Bonchev–Trinajstić information content (AvgIpc) is 3.56. The first-order valence-electron chi connectivity index (χ1n) is 13.3.